The molecule has 112 valence electrons. The molecule has 1 aromatic heterocycles. The maximum Gasteiger partial charge on any atom is 0.274 e. The molecular formula is C15H26N4O. The van der Waals surface area contributed by atoms with Crippen LogP contribution in [-0.2, 0) is 5.54 Å². The summed E-state index contributed by atoms with van der Waals surface area (Å²) in [6.07, 6.45) is 0.878. The Kier molecular flexibility index (Phi) is 3.91. The molecule has 0 bridgehead atoms. The highest BCUT2D eigenvalue weighted by Gasteiger charge is 2.29. The van der Waals surface area contributed by atoms with Crippen molar-refractivity contribution in [2.75, 3.05) is 13.1 Å². The topological polar surface area (TPSA) is 64.2 Å². The van der Waals surface area contributed by atoms with Crippen molar-refractivity contribution in [3.63, 3.8) is 0 Å². The first kappa shape index (κ1) is 15.0. The van der Waals surface area contributed by atoms with Crippen LogP contribution in [0, 0.1) is 0 Å². The van der Waals surface area contributed by atoms with Gasteiger partial charge in [-0.1, -0.05) is 13.8 Å². The second-order valence-electron chi connectivity index (χ2n) is 6.99. The Morgan fingerprint density at radius 2 is 2.10 bits per heavy atom. The van der Waals surface area contributed by atoms with E-state index in [1.165, 1.54) is 0 Å². The van der Waals surface area contributed by atoms with Crippen molar-refractivity contribution in [2.24, 2.45) is 5.73 Å². The standard InChI is InChI=1S/C15H26N4O/c1-10(2)13-8-12(17-19(13)15(3,4)5)14(20)18-7-6-11(16)9-18/h8,10-11H,6-7,9,16H2,1-5H3/t11-/m1/s1. The molecule has 0 spiro atoms. The number of carbonyl (C=O) groups is 1. The Labute approximate surface area is 121 Å². The third kappa shape index (κ3) is 2.87. The summed E-state index contributed by atoms with van der Waals surface area (Å²) in [4.78, 5) is 14.3. The Bertz CT molecular complexity index is 498. The van der Waals surface area contributed by atoms with E-state index in [9.17, 15) is 4.79 Å². The fourth-order valence-corrected chi connectivity index (χ4v) is 2.58. The lowest BCUT2D eigenvalue weighted by Gasteiger charge is -2.23. The van der Waals surface area contributed by atoms with Gasteiger partial charge in [0.15, 0.2) is 5.69 Å². The van der Waals surface area contributed by atoms with E-state index < -0.39 is 0 Å². The third-order valence-corrected chi connectivity index (χ3v) is 3.69. The molecule has 0 saturated carbocycles. The zero-order chi connectivity index (χ0) is 15.1. The van der Waals surface area contributed by atoms with E-state index in [0.717, 1.165) is 18.7 Å². The highest BCUT2D eigenvalue weighted by Crippen LogP contribution is 2.24. The van der Waals surface area contributed by atoms with E-state index >= 15 is 0 Å². The fourth-order valence-electron chi connectivity index (χ4n) is 2.58. The summed E-state index contributed by atoms with van der Waals surface area (Å²) in [6, 6.07) is 2.04. The molecule has 1 aromatic rings. The molecule has 1 fully saturated rings. The Balaban J connectivity index is 2.31. The third-order valence-electron chi connectivity index (χ3n) is 3.69. The molecule has 0 aliphatic carbocycles. The zero-order valence-electron chi connectivity index (χ0n) is 13.2. The van der Waals surface area contributed by atoms with Crippen LogP contribution < -0.4 is 5.73 Å². The minimum Gasteiger partial charge on any atom is -0.336 e. The van der Waals surface area contributed by atoms with Crippen LogP contribution in [-0.4, -0.2) is 39.7 Å². The smallest absolute Gasteiger partial charge is 0.274 e. The second kappa shape index (κ2) is 5.20. The van der Waals surface area contributed by atoms with Crippen molar-refractivity contribution in [3.8, 4) is 0 Å². The van der Waals surface area contributed by atoms with E-state index in [1.54, 1.807) is 0 Å². The molecule has 1 amide bonds. The summed E-state index contributed by atoms with van der Waals surface area (Å²) in [5.74, 6) is 0.340. The van der Waals surface area contributed by atoms with Crippen LogP contribution in [0.3, 0.4) is 0 Å². The van der Waals surface area contributed by atoms with Gasteiger partial charge in [0.25, 0.3) is 5.91 Å². The van der Waals surface area contributed by atoms with Gasteiger partial charge in [-0.2, -0.15) is 5.10 Å². The van der Waals surface area contributed by atoms with Crippen LogP contribution in [0.1, 0.15) is 63.1 Å². The van der Waals surface area contributed by atoms with Crippen LogP contribution >= 0.6 is 0 Å². The van der Waals surface area contributed by atoms with Gasteiger partial charge in [0.05, 0.1) is 5.54 Å². The summed E-state index contributed by atoms with van der Waals surface area (Å²) in [6.45, 7) is 11.9. The SMILES string of the molecule is CC(C)c1cc(C(=O)N2CC[C@@H](N)C2)nn1C(C)(C)C. The molecule has 20 heavy (non-hydrogen) atoms. The molecule has 2 heterocycles. The lowest BCUT2D eigenvalue weighted by molar-refractivity contribution is 0.0783. The summed E-state index contributed by atoms with van der Waals surface area (Å²) in [5, 5.41) is 4.56. The van der Waals surface area contributed by atoms with Gasteiger partial charge in [-0.25, -0.2) is 0 Å². The van der Waals surface area contributed by atoms with Crippen molar-refractivity contribution in [1.82, 2.24) is 14.7 Å². The Morgan fingerprint density at radius 1 is 1.45 bits per heavy atom. The van der Waals surface area contributed by atoms with Crippen molar-refractivity contribution in [3.05, 3.63) is 17.5 Å². The molecule has 0 unspecified atom stereocenters. The van der Waals surface area contributed by atoms with E-state index in [2.05, 4.69) is 39.7 Å². The van der Waals surface area contributed by atoms with E-state index in [1.807, 2.05) is 15.6 Å². The van der Waals surface area contributed by atoms with Crippen LogP contribution in [0.25, 0.3) is 0 Å². The molecule has 0 radical (unpaired) electrons. The van der Waals surface area contributed by atoms with E-state index in [4.69, 9.17) is 5.73 Å². The molecule has 2 rings (SSSR count). The Morgan fingerprint density at radius 3 is 2.50 bits per heavy atom. The molecule has 0 aromatic carbocycles. The summed E-state index contributed by atoms with van der Waals surface area (Å²) in [5.41, 5.74) is 7.39. The van der Waals surface area contributed by atoms with Crippen LogP contribution in [0.2, 0.25) is 0 Å². The molecule has 1 aliphatic heterocycles. The average Bonchev–Trinajstić information content (AvgIpc) is 2.93. The van der Waals surface area contributed by atoms with Crippen LogP contribution in [0.5, 0.6) is 0 Å². The first-order valence-electron chi connectivity index (χ1n) is 7.35. The number of likely N-dealkylation sites (tertiary alicyclic amines) is 1. The van der Waals surface area contributed by atoms with Gasteiger partial charge in [-0.3, -0.25) is 9.48 Å². The predicted molar refractivity (Wildman–Crippen MR) is 79.8 cm³/mol. The van der Waals surface area contributed by atoms with Gasteiger partial charge in [0.1, 0.15) is 0 Å². The largest absolute Gasteiger partial charge is 0.336 e. The monoisotopic (exact) mass is 278 g/mol. The first-order valence-corrected chi connectivity index (χ1v) is 7.35. The molecule has 2 N–H and O–H groups in total. The van der Waals surface area contributed by atoms with Crippen molar-refractivity contribution < 1.29 is 4.79 Å². The minimum absolute atomic E-state index is 0.00264. The number of aromatic nitrogens is 2. The highest BCUT2D eigenvalue weighted by molar-refractivity contribution is 5.92. The van der Waals surface area contributed by atoms with E-state index in [0.29, 0.717) is 18.2 Å². The highest BCUT2D eigenvalue weighted by atomic mass is 16.2. The lowest BCUT2D eigenvalue weighted by atomic mass is 10.1. The van der Waals surface area contributed by atoms with Gasteiger partial charge in [0, 0.05) is 24.8 Å². The van der Waals surface area contributed by atoms with Crippen molar-refractivity contribution in [2.45, 2.75) is 58.5 Å². The number of hydrogen-bond acceptors (Lipinski definition) is 3. The molecule has 1 saturated heterocycles. The van der Waals surface area contributed by atoms with E-state index in [-0.39, 0.29) is 17.5 Å². The van der Waals surface area contributed by atoms with Gasteiger partial charge in [0.2, 0.25) is 0 Å². The molecular weight excluding hydrogens is 252 g/mol. The van der Waals surface area contributed by atoms with Crippen molar-refractivity contribution >= 4 is 5.91 Å². The molecule has 5 nitrogen and oxygen atoms in total. The summed E-state index contributed by atoms with van der Waals surface area (Å²) in [7, 11) is 0. The second-order valence-corrected chi connectivity index (χ2v) is 6.99. The number of hydrogen-bond donors (Lipinski definition) is 1. The van der Waals surface area contributed by atoms with Crippen LogP contribution in [0.15, 0.2) is 6.07 Å². The van der Waals surface area contributed by atoms with Crippen molar-refractivity contribution in [1.29, 1.82) is 0 Å². The predicted octanol–water partition coefficient (Wildman–Crippen LogP) is 1.93. The van der Waals surface area contributed by atoms with Gasteiger partial charge >= 0.3 is 0 Å². The van der Waals surface area contributed by atoms with Gasteiger partial charge in [-0.15, -0.1) is 0 Å². The zero-order valence-corrected chi connectivity index (χ0v) is 13.2. The summed E-state index contributed by atoms with van der Waals surface area (Å²) < 4.78 is 1.97. The quantitative estimate of drug-likeness (QED) is 0.899. The van der Waals surface area contributed by atoms with Gasteiger partial charge in [-0.05, 0) is 39.2 Å². The number of nitrogens with two attached hydrogens (primary N) is 1. The van der Waals surface area contributed by atoms with Gasteiger partial charge < -0.3 is 10.6 Å². The Hall–Kier alpha value is -1.36. The minimum atomic E-state index is -0.125. The maximum absolute atomic E-state index is 12.5. The number of nitrogens with zero attached hydrogens (tertiary/aromatic N) is 3. The fraction of sp³-hybridized carbons (Fsp3) is 0.733. The summed E-state index contributed by atoms with van der Waals surface area (Å²) >= 11 is 0. The normalized spacial score (nSPS) is 19.9. The number of carbonyl (C=O) groups excluding carboxylic acids is 1. The molecule has 5 heteroatoms. The maximum atomic E-state index is 12.5. The number of rotatable bonds is 2. The molecule has 1 atom stereocenters. The number of amides is 1. The molecule has 1 aliphatic rings. The lowest BCUT2D eigenvalue weighted by Crippen LogP contribution is -2.32. The first-order chi connectivity index (χ1) is 9.20. The average molecular weight is 278 g/mol. The van der Waals surface area contributed by atoms with Crippen LogP contribution in [0.4, 0.5) is 0 Å².